The van der Waals surface area contributed by atoms with Crippen molar-refractivity contribution >= 4 is 0 Å². The molecule has 1 rings (SSSR count). The van der Waals surface area contributed by atoms with Crippen molar-refractivity contribution in [1.82, 2.24) is 0 Å². The van der Waals surface area contributed by atoms with Gasteiger partial charge in [-0.25, -0.2) is 0 Å². The Labute approximate surface area is 84.8 Å². The Balaban J connectivity index is 2.60. The Morgan fingerprint density at radius 3 is 2.07 bits per heavy atom. The predicted octanol–water partition coefficient (Wildman–Crippen LogP) is 0.376. The van der Waals surface area contributed by atoms with Crippen molar-refractivity contribution in [1.29, 1.82) is 0 Å². The van der Waals surface area contributed by atoms with Gasteiger partial charge in [0.05, 0.1) is 6.61 Å². The third-order valence-electron chi connectivity index (χ3n) is 2.89. The summed E-state index contributed by atoms with van der Waals surface area (Å²) in [4.78, 5) is 0. The average molecular weight is 204 g/mol. The van der Waals surface area contributed by atoms with Crippen LogP contribution in [-0.2, 0) is 9.47 Å². The van der Waals surface area contributed by atoms with Crippen molar-refractivity contribution in [2.24, 2.45) is 11.8 Å². The van der Waals surface area contributed by atoms with Crippen LogP contribution in [0.3, 0.4) is 0 Å². The molecule has 4 nitrogen and oxygen atoms in total. The van der Waals surface area contributed by atoms with Gasteiger partial charge in [0.15, 0.2) is 5.79 Å². The van der Waals surface area contributed by atoms with Crippen molar-refractivity contribution in [2.75, 3.05) is 26.4 Å². The summed E-state index contributed by atoms with van der Waals surface area (Å²) in [6.07, 6.45) is 0.677. The van der Waals surface area contributed by atoms with Gasteiger partial charge in [0.25, 0.3) is 0 Å². The lowest BCUT2D eigenvalue weighted by atomic mass is 9.68. The second-order valence-corrected chi connectivity index (χ2v) is 3.61. The molecular weight excluding hydrogens is 184 g/mol. The minimum Gasteiger partial charge on any atom is -0.396 e. The molecule has 2 atom stereocenters. The van der Waals surface area contributed by atoms with Gasteiger partial charge in [0.2, 0.25) is 0 Å². The van der Waals surface area contributed by atoms with Crippen molar-refractivity contribution in [3.8, 4) is 0 Å². The largest absolute Gasteiger partial charge is 0.396 e. The van der Waals surface area contributed by atoms with Crippen LogP contribution < -0.4 is 0 Å². The fourth-order valence-electron chi connectivity index (χ4n) is 2.20. The molecule has 0 aliphatic heterocycles. The maximum Gasteiger partial charge on any atom is 0.173 e. The highest BCUT2D eigenvalue weighted by Crippen LogP contribution is 2.47. The van der Waals surface area contributed by atoms with E-state index >= 15 is 0 Å². The van der Waals surface area contributed by atoms with E-state index < -0.39 is 5.79 Å². The second kappa shape index (κ2) is 5.07. The van der Waals surface area contributed by atoms with E-state index in [1.807, 2.05) is 13.8 Å². The number of ether oxygens (including phenoxy) is 2. The van der Waals surface area contributed by atoms with Crippen LogP contribution in [-0.4, -0.2) is 42.4 Å². The summed E-state index contributed by atoms with van der Waals surface area (Å²) in [6, 6.07) is 0. The standard InChI is InChI=1S/C10H20O4/c1-3-13-10(14-4-2)5-8(6-11)9(10)7-12/h8-9,11-12H,3-7H2,1-2H3/t8-,9?/m1/s1. The van der Waals surface area contributed by atoms with E-state index in [9.17, 15) is 5.11 Å². The number of rotatable bonds is 6. The highest BCUT2D eigenvalue weighted by molar-refractivity contribution is 4.97. The summed E-state index contributed by atoms with van der Waals surface area (Å²) >= 11 is 0. The molecule has 1 unspecified atom stereocenters. The SMILES string of the molecule is CCOC1(OCC)C[C@H](CO)C1CO. The van der Waals surface area contributed by atoms with Crippen molar-refractivity contribution in [3.05, 3.63) is 0 Å². The zero-order chi connectivity index (χ0) is 10.6. The number of hydrogen-bond acceptors (Lipinski definition) is 4. The van der Waals surface area contributed by atoms with Gasteiger partial charge in [-0.05, 0) is 19.8 Å². The van der Waals surface area contributed by atoms with Gasteiger partial charge in [-0.1, -0.05) is 0 Å². The predicted molar refractivity (Wildman–Crippen MR) is 51.8 cm³/mol. The van der Waals surface area contributed by atoms with Gasteiger partial charge < -0.3 is 19.7 Å². The smallest absolute Gasteiger partial charge is 0.173 e. The van der Waals surface area contributed by atoms with E-state index in [0.29, 0.717) is 19.6 Å². The first-order valence-corrected chi connectivity index (χ1v) is 5.23. The van der Waals surface area contributed by atoms with E-state index in [2.05, 4.69) is 0 Å². The van der Waals surface area contributed by atoms with Crippen LogP contribution in [0, 0.1) is 11.8 Å². The molecule has 0 aromatic carbocycles. The Kier molecular flexibility index (Phi) is 4.31. The first-order valence-electron chi connectivity index (χ1n) is 5.23. The average Bonchev–Trinajstić information content (AvgIpc) is 2.15. The minimum atomic E-state index is -0.647. The Hall–Kier alpha value is -0.160. The molecule has 0 amide bonds. The molecule has 0 saturated heterocycles. The lowest BCUT2D eigenvalue weighted by Crippen LogP contribution is -2.60. The van der Waals surface area contributed by atoms with Crippen LogP contribution in [0.25, 0.3) is 0 Å². The third kappa shape index (κ3) is 1.93. The van der Waals surface area contributed by atoms with Crippen molar-refractivity contribution < 1.29 is 19.7 Å². The summed E-state index contributed by atoms with van der Waals surface area (Å²) in [5, 5.41) is 18.2. The highest BCUT2D eigenvalue weighted by Gasteiger charge is 2.55. The molecule has 0 heterocycles. The van der Waals surface area contributed by atoms with Crippen LogP contribution in [0.2, 0.25) is 0 Å². The molecule has 1 saturated carbocycles. The van der Waals surface area contributed by atoms with E-state index in [1.165, 1.54) is 0 Å². The quantitative estimate of drug-likeness (QED) is 0.614. The maximum absolute atomic E-state index is 9.21. The zero-order valence-electron chi connectivity index (χ0n) is 8.90. The Morgan fingerprint density at radius 1 is 1.14 bits per heavy atom. The van der Waals surface area contributed by atoms with Gasteiger partial charge >= 0.3 is 0 Å². The lowest BCUT2D eigenvalue weighted by molar-refractivity contribution is -0.337. The highest BCUT2D eigenvalue weighted by atomic mass is 16.7. The molecule has 0 aromatic rings. The normalized spacial score (nSPS) is 30.0. The monoisotopic (exact) mass is 204 g/mol. The van der Waals surface area contributed by atoms with Gasteiger partial charge in [-0.2, -0.15) is 0 Å². The summed E-state index contributed by atoms with van der Waals surface area (Å²) < 4.78 is 11.1. The number of aliphatic hydroxyl groups excluding tert-OH is 2. The molecule has 1 aliphatic carbocycles. The molecule has 4 heteroatoms. The maximum atomic E-state index is 9.21. The molecule has 1 fully saturated rings. The molecule has 1 aliphatic rings. The van der Waals surface area contributed by atoms with Gasteiger partial charge in [-0.15, -0.1) is 0 Å². The van der Waals surface area contributed by atoms with Crippen molar-refractivity contribution in [2.45, 2.75) is 26.1 Å². The van der Waals surface area contributed by atoms with Crippen LogP contribution in [0.4, 0.5) is 0 Å². The first-order chi connectivity index (χ1) is 6.74. The molecule has 0 spiro atoms. The molecule has 84 valence electrons. The fraction of sp³-hybridized carbons (Fsp3) is 1.00. The van der Waals surface area contributed by atoms with Crippen LogP contribution >= 0.6 is 0 Å². The first kappa shape index (κ1) is 11.9. The fourth-order valence-corrected chi connectivity index (χ4v) is 2.20. The van der Waals surface area contributed by atoms with Crippen molar-refractivity contribution in [3.63, 3.8) is 0 Å². The number of hydrogen-bond donors (Lipinski definition) is 2. The van der Waals surface area contributed by atoms with E-state index in [-0.39, 0.29) is 25.0 Å². The molecule has 0 aromatic heterocycles. The zero-order valence-corrected chi connectivity index (χ0v) is 8.90. The molecule has 2 N–H and O–H groups in total. The molecule has 0 radical (unpaired) electrons. The van der Waals surface area contributed by atoms with E-state index in [1.54, 1.807) is 0 Å². The molecule has 0 bridgehead atoms. The van der Waals surface area contributed by atoms with Gasteiger partial charge in [0, 0.05) is 32.2 Å². The molecule has 14 heavy (non-hydrogen) atoms. The summed E-state index contributed by atoms with van der Waals surface area (Å²) in [6.45, 7) is 5.03. The Bertz CT molecular complexity index is 166. The topological polar surface area (TPSA) is 58.9 Å². The van der Waals surface area contributed by atoms with Gasteiger partial charge in [-0.3, -0.25) is 0 Å². The summed E-state index contributed by atoms with van der Waals surface area (Å²) in [5.41, 5.74) is 0. The second-order valence-electron chi connectivity index (χ2n) is 3.61. The van der Waals surface area contributed by atoms with E-state index in [0.717, 1.165) is 0 Å². The minimum absolute atomic E-state index is 0.00519. The Morgan fingerprint density at radius 2 is 1.71 bits per heavy atom. The van der Waals surface area contributed by atoms with Crippen LogP contribution in [0.15, 0.2) is 0 Å². The number of aliphatic hydroxyl groups is 2. The van der Waals surface area contributed by atoms with Crippen LogP contribution in [0.1, 0.15) is 20.3 Å². The van der Waals surface area contributed by atoms with Crippen LogP contribution in [0.5, 0.6) is 0 Å². The summed E-state index contributed by atoms with van der Waals surface area (Å²) in [7, 11) is 0. The third-order valence-corrected chi connectivity index (χ3v) is 2.89. The molecular formula is C10H20O4. The summed E-state index contributed by atoms with van der Waals surface area (Å²) in [5.74, 6) is -0.628. The van der Waals surface area contributed by atoms with E-state index in [4.69, 9.17) is 14.6 Å². The van der Waals surface area contributed by atoms with Gasteiger partial charge in [0.1, 0.15) is 0 Å². The lowest BCUT2D eigenvalue weighted by Gasteiger charge is -2.52.